The Kier molecular flexibility index (Phi) is 5.19. The van der Waals surface area contributed by atoms with Crippen LogP contribution in [0.1, 0.15) is 18.5 Å². The van der Waals surface area contributed by atoms with E-state index in [4.69, 9.17) is 10.5 Å². The van der Waals surface area contributed by atoms with Crippen LogP contribution in [-0.2, 0) is 0 Å². The maximum atomic E-state index is 5.87. The summed E-state index contributed by atoms with van der Waals surface area (Å²) in [5.74, 6) is 0.920. The van der Waals surface area contributed by atoms with Crippen LogP contribution >= 0.6 is 0 Å². The molecular weight excluding hydrogens is 238 g/mol. The zero-order valence-corrected chi connectivity index (χ0v) is 12.0. The van der Waals surface area contributed by atoms with Crippen LogP contribution in [0.4, 0.5) is 0 Å². The Bertz CT molecular complexity index is 387. The maximum absolute atomic E-state index is 5.87. The third kappa shape index (κ3) is 4.49. The highest BCUT2D eigenvalue weighted by Crippen LogP contribution is 2.17. The fourth-order valence-electron chi connectivity index (χ4n) is 2.25. The number of rotatable bonds is 5. The number of benzene rings is 1. The molecule has 0 bridgehead atoms. The molecule has 0 aliphatic carbocycles. The molecule has 4 heteroatoms. The number of hydrogen-bond acceptors (Lipinski definition) is 4. The van der Waals surface area contributed by atoms with Crippen molar-refractivity contribution < 1.29 is 4.74 Å². The Balaban J connectivity index is 1.75. The highest BCUT2D eigenvalue weighted by Gasteiger charge is 2.13. The number of likely N-dealkylation sites (N-methyl/N-ethyl adjacent to an activating group) is 1. The number of hydrogen-bond donors (Lipinski definition) is 1. The van der Waals surface area contributed by atoms with Crippen LogP contribution < -0.4 is 10.5 Å². The van der Waals surface area contributed by atoms with Crippen molar-refractivity contribution in [3.63, 3.8) is 0 Å². The van der Waals surface area contributed by atoms with E-state index in [0.29, 0.717) is 0 Å². The molecule has 1 atom stereocenters. The van der Waals surface area contributed by atoms with E-state index in [1.54, 1.807) is 0 Å². The SMILES string of the molecule is C[C@H](N)c1cccc(OCCN2CCN(C)CC2)c1. The van der Waals surface area contributed by atoms with Crippen LogP contribution in [-0.4, -0.2) is 56.2 Å². The van der Waals surface area contributed by atoms with Crippen molar-refractivity contribution in [1.29, 1.82) is 0 Å². The van der Waals surface area contributed by atoms with Crippen LogP contribution in [0.15, 0.2) is 24.3 Å². The average Bonchev–Trinajstić information content (AvgIpc) is 2.41. The van der Waals surface area contributed by atoms with Gasteiger partial charge in [-0.15, -0.1) is 0 Å². The third-order valence-electron chi connectivity index (χ3n) is 3.66. The van der Waals surface area contributed by atoms with Crippen LogP contribution in [0.2, 0.25) is 0 Å². The molecule has 0 saturated carbocycles. The lowest BCUT2D eigenvalue weighted by Crippen LogP contribution is -2.45. The van der Waals surface area contributed by atoms with E-state index in [2.05, 4.69) is 16.8 Å². The molecular formula is C15H25N3O. The molecule has 0 unspecified atom stereocenters. The number of nitrogens with zero attached hydrogens (tertiary/aromatic N) is 2. The van der Waals surface area contributed by atoms with Gasteiger partial charge in [0.2, 0.25) is 0 Å². The van der Waals surface area contributed by atoms with E-state index in [-0.39, 0.29) is 6.04 Å². The molecule has 1 aliphatic heterocycles. The summed E-state index contributed by atoms with van der Waals surface area (Å²) < 4.78 is 5.82. The van der Waals surface area contributed by atoms with Gasteiger partial charge in [0.15, 0.2) is 0 Å². The highest BCUT2D eigenvalue weighted by molar-refractivity contribution is 5.30. The molecule has 1 fully saturated rings. The molecule has 0 radical (unpaired) electrons. The Morgan fingerprint density at radius 2 is 2.00 bits per heavy atom. The smallest absolute Gasteiger partial charge is 0.119 e. The molecule has 1 aliphatic rings. The molecule has 0 aromatic heterocycles. The quantitative estimate of drug-likeness (QED) is 0.870. The minimum absolute atomic E-state index is 0.0566. The first-order valence-corrected chi connectivity index (χ1v) is 7.04. The first-order chi connectivity index (χ1) is 9.15. The molecule has 4 nitrogen and oxygen atoms in total. The summed E-state index contributed by atoms with van der Waals surface area (Å²) in [4.78, 5) is 4.82. The second-order valence-corrected chi connectivity index (χ2v) is 5.35. The summed E-state index contributed by atoms with van der Waals surface area (Å²) in [5, 5.41) is 0. The van der Waals surface area contributed by atoms with Gasteiger partial charge in [0.1, 0.15) is 12.4 Å². The Morgan fingerprint density at radius 1 is 1.26 bits per heavy atom. The fraction of sp³-hybridized carbons (Fsp3) is 0.600. The van der Waals surface area contributed by atoms with E-state index < -0.39 is 0 Å². The molecule has 1 saturated heterocycles. The van der Waals surface area contributed by atoms with Crippen molar-refractivity contribution in [2.24, 2.45) is 5.73 Å². The second kappa shape index (κ2) is 6.89. The predicted molar refractivity (Wildman–Crippen MR) is 78.5 cm³/mol. The van der Waals surface area contributed by atoms with E-state index in [0.717, 1.165) is 50.6 Å². The van der Waals surface area contributed by atoms with Gasteiger partial charge in [-0.3, -0.25) is 4.90 Å². The minimum Gasteiger partial charge on any atom is -0.492 e. The molecule has 1 aromatic carbocycles. The lowest BCUT2D eigenvalue weighted by molar-refractivity contribution is 0.133. The topological polar surface area (TPSA) is 41.7 Å². The summed E-state index contributed by atoms with van der Waals surface area (Å²) in [6.07, 6.45) is 0. The third-order valence-corrected chi connectivity index (χ3v) is 3.66. The first kappa shape index (κ1) is 14.3. The lowest BCUT2D eigenvalue weighted by atomic mass is 10.1. The summed E-state index contributed by atoms with van der Waals surface area (Å²) in [7, 11) is 2.17. The predicted octanol–water partition coefficient (Wildman–Crippen LogP) is 1.33. The minimum atomic E-state index is 0.0566. The molecule has 0 amide bonds. The molecule has 2 rings (SSSR count). The largest absolute Gasteiger partial charge is 0.492 e. The zero-order valence-electron chi connectivity index (χ0n) is 12.0. The average molecular weight is 263 g/mol. The number of nitrogens with two attached hydrogens (primary N) is 1. The number of ether oxygens (including phenoxy) is 1. The van der Waals surface area contributed by atoms with Gasteiger partial charge in [-0.2, -0.15) is 0 Å². The Labute approximate surface area is 116 Å². The summed E-state index contributed by atoms with van der Waals surface area (Å²) in [6.45, 7) is 8.31. The van der Waals surface area contributed by atoms with Gasteiger partial charge in [-0.1, -0.05) is 12.1 Å². The maximum Gasteiger partial charge on any atom is 0.119 e. The zero-order chi connectivity index (χ0) is 13.7. The van der Waals surface area contributed by atoms with Crippen molar-refractivity contribution in [3.8, 4) is 5.75 Å². The normalized spacial score (nSPS) is 19.3. The van der Waals surface area contributed by atoms with Crippen molar-refractivity contribution in [3.05, 3.63) is 29.8 Å². The number of piperazine rings is 1. The van der Waals surface area contributed by atoms with E-state index >= 15 is 0 Å². The summed E-state index contributed by atoms with van der Waals surface area (Å²) in [5.41, 5.74) is 7.00. The van der Waals surface area contributed by atoms with Crippen LogP contribution in [0.5, 0.6) is 5.75 Å². The van der Waals surface area contributed by atoms with E-state index in [1.807, 2.05) is 31.2 Å². The molecule has 1 aromatic rings. The summed E-state index contributed by atoms with van der Waals surface area (Å²) in [6, 6.07) is 8.13. The monoisotopic (exact) mass is 263 g/mol. The Hall–Kier alpha value is -1.10. The van der Waals surface area contributed by atoms with Crippen molar-refractivity contribution in [1.82, 2.24) is 9.80 Å². The Morgan fingerprint density at radius 3 is 2.68 bits per heavy atom. The molecule has 0 spiro atoms. The lowest BCUT2D eigenvalue weighted by Gasteiger charge is -2.32. The summed E-state index contributed by atoms with van der Waals surface area (Å²) >= 11 is 0. The van der Waals surface area contributed by atoms with Crippen molar-refractivity contribution in [2.45, 2.75) is 13.0 Å². The van der Waals surface area contributed by atoms with Crippen LogP contribution in [0.25, 0.3) is 0 Å². The van der Waals surface area contributed by atoms with Gasteiger partial charge in [0, 0.05) is 38.8 Å². The van der Waals surface area contributed by atoms with Gasteiger partial charge in [0.05, 0.1) is 0 Å². The van der Waals surface area contributed by atoms with Gasteiger partial charge in [-0.05, 0) is 31.7 Å². The second-order valence-electron chi connectivity index (χ2n) is 5.35. The first-order valence-electron chi connectivity index (χ1n) is 7.04. The molecule has 19 heavy (non-hydrogen) atoms. The molecule has 2 N–H and O–H groups in total. The van der Waals surface area contributed by atoms with Crippen molar-refractivity contribution >= 4 is 0 Å². The van der Waals surface area contributed by atoms with Crippen molar-refractivity contribution in [2.75, 3.05) is 46.4 Å². The molecule has 106 valence electrons. The highest BCUT2D eigenvalue weighted by atomic mass is 16.5. The molecule has 1 heterocycles. The van der Waals surface area contributed by atoms with Gasteiger partial charge in [-0.25, -0.2) is 0 Å². The van der Waals surface area contributed by atoms with Crippen LogP contribution in [0.3, 0.4) is 0 Å². The van der Waals surface area contributed by atoms with Gasteiger partial charge >= 0.3 is 0 Å². The van der Waals surface area contributed by atoms with E-state index in [1.165, 1.54) is 0 Å². The van der Waals surface area contributed by atoms with Gasteiger partial charge in [0.25, 0.3) is 0 Å². The van der Waals surface area contributed by atoms with Gasteiger partial charge < -0.3 is 15.4 Å². The fourth-order valence-corrected chi connectivity index (χ4v) is 2.25. The van der Waals surface area contributed by atoms with E-state index in [9.17, 15) is 0 Å². The standard InChI is InChI=1S/C15H25N3O/c1-13(16)14-4-3-5-15(12-14)19-11-10-18-8-6-17(2)7-9-18/h3-5,12-13H,6-11,16H2,1-2H3/t13-/m0/s1. The van der Waals surface area contributed by atoms with Crippen LogP contribution in [0, 0.1) is 0 Å².